The first-order chi connectivity index (χ1) is 12.8. The number of nitrogens with one attached hydrogen (secondary N) is 2. The number of carbonyl (C=O) groups excluding carboxylic acids is 1. The predicted molar refractivity (Wildman–Crippen MR) is 91.1 cm³/mol. The van der Waals surface area contributed by atoms with Crippen LogP contribution in [0.5, 0.6) is 0 Å². The van der Waals surface area contributed by atoms with Crippen molar-refractivity contribution in [1.29, 1.82) is 0 Å². The molecule has 0 aliphatic heterocycles. The number of halogens is 4. The van der Waals surface area contributed by atoms with Crippen LogP contribution in [0, 0.1) is 5.82 Å². The Morgan fingerprint density at radius 1 is 0.815 bits per heavy atom. The summed E-state index contributed by atoms with van der Waals surface area (Å²) in [5, 5.41) is 13.0. The minimum absolute atomic E-state index is 0.0540. The van der Waals surface area contributed by atoms with Gasteiger partial charge in [-0.05, 0) is 60.7 Å². The van der Waals surface area contributed by atoms with Crippen LogP contribution in [0.4, 0.5) is 34.9 Å². The van der Waals surface area contributed by atoms with Crippen molar-refractivity contribution in [1.82, 2.24) is 10.2 Å². The summed E-state index contributed by atoms with van der Waals surface area (Å²) in [5.74, 6) is -0.482. The largest absolute Gasteiger partial charge is 0.416 e. The Balaban J connectivity index is 1.63. The first-order valence-corrected chi connectivity index (χ1v) is 7.66. The fraction of sp³-hybridized carbons (Fsp3) is 0.0556. The van der Waals surface area contributed by atoms with Crippen molar-refractivity contribution in [3.63, 3.8) is 0 Å². The Bertz CT molecular complexity index is 924. The van der Waals surface area contributed by atoms with E-state index in [9.17, 15) is 22.4 Å². The van der Waals surface area contributed by atoms with Gasteiger partial charge in [0.25, 0.3) is 5.91 Å². The number of aromatic nitrogens is 2. The number of hydrogen-bond acceptors (Lipinski definition) is 4. The van der Waals surface area contributed by atoms with Crippen LogP contribution in [0.2, 0.25) is 0 Å². The molecule has 0 saturated heterocycles. The maximum Gasteiger partial charge on any atom is 0.416 e. The average molecular weight is 376 g/mol. The van der Waals surface area contributed by atoms with Gasteiger partial charge in [-0.1, -0.05) is 0 Å². The van der Waals surface area contributed by atoms with E-state index in [0.29, 0.717) is 11.5 Å². The zero-order valence-electron chi connectivity index (χ0n) is 13.6. The molecule has 0 bridgehead atoms. The van der Waals surface area contributed by atoms with Gasteiger partial charge in [-0.3, -0.25) is 4.79 Å². The van der Waals surface area contributed by atoms with Crippen molar-refractivity contribution < 1.29 is 22.4 Å². The normalized spacial score (nSPS) is 11.1. The van der Waals surface area contributed by atoms with Crippen molar-refractivity contribution in [2.24, 2.45) is 0 Å². The molecule has 2 N–H and O–H groups in total. The molecule has 5 nitrogen and oxygen atoms in total. The molecule has 138 valence electrons. The molecule has 0 spiro atoms. The second-order valence-electron chi connectivity index (χ2n) is 5.46. The van der Waals surface area contributed by atoms with Gasteiger partial charge in [-0.25, -0.2) is 4.39 Å². The lowest BCUT2D eigenvalue weighted by molar-refractivity contribution is -0.137. The molecule has 0 saturated carbocycles. The van der Waals surface area contributed by atoms with E-state index in [0.717, 1.165) is 24.3 Å². The van der Waals surface area contributed by atoms with Gasteiger partial charge >= 0.3 is 6.18 Å². The van der Waals surface area contributed by atoms with Gasteiger partial charge in [-0.2, -0.15) is 13.2 Å². The monoisotopic (exact) mass is 376 g/mol. The van der Waals surface area contributed by atoms with Crippen LogP contribution in [0.25, 0.3) is 0 Å². The highest BCUT2D eigenvalue weighted by Crippen LogP contribution is 2.29. The quantitative estimate of drug-likeness (QED) is 0.652. The van der Waals surface area contributed by atoms with E-state index in [2.05, 4.69) is 20.8 Å². The molecular weight excluding hydrogens is 364 g/mol. The number of benzene rings is 2. The molecule has 0 aliphatic carbocycles. The summed E-state index contributed by atoms with van der Waals surface area (Å²) in [7, 11) is 0. The first-order valence-electron chi connectivity index (χ1n) is 7.66. The molecule has 0 unspecified atom stereocenters. The lowest BCUT2D eigenvalue weighted by atomic mass is 10.1. The third-order valence-corrected chi connectivity index (χ3v) is 3.50. The van der Waals surface area contributed by atoms with Crippen LogP contribution in [0.3, 0.4) is 0 Å². The second kappa shape index (κ2) is 7.40. The fourth-order valence-electron chi connectivity index (χ4n) is 2.15. The van der Waals surface area contributed by atoms with E-state index in [4.69, 9.17) is 0 Å². The minimum atomic E-state index is -4.46. The molecule has 1 heterocycles. The third kappa shape index (κ3) is 4.78. The van der Waals surface area contributed by atoms with Crippen molar-refractivity contribution in [3.8, 4) is 0 Å². The molecule has 27 heavy (non-hydrogen) atoms. The zero-order valence-corrected chi connectivity index (χ0v) is 13.6. The molecular formula is C18H12F4N4O. The predicted octanol–water partition coefficient (Wildman–Crippen LogP) is 4.63. The molecule has 1 aromatic heterocycles. The van der Waals surface area contributed by atoms with E-state index in [1.54, 1.807) is 6.07 Å². The van der Waals surface area contributed by atoms with E-state index in [1.807, 2.05) is 0 Å². The molecule has 1 amide bonds. The van der Waals surface area contributed by atoms with Crippen molar-refractivity contribution in [3.05, 3.63) is 77.6 Å². The smallest absolute Gasteiger partial charge is 0.339 e. The van der Waals surface area contributed by atoms with Crippen molar-refractivity contribution >= 4 is 23.2 Å². The van der Waals surface area contributed by atoms with Gasteiger partial charge in [0.15, 0.2) is 11.6 Å². The number of nitrogens with zero attached hydrogens (tertiary/aromatic N) is 2. The maximum absolute atomic E-state index is 12.9. The topological polar surface area (TPSA) is 66.9 Å². The van der Waals surface area contributed by atoms with Crippen molar-refractivity contribution in [2.75, 3.05) is 10.6 Å². The number of hydrogen-bond donors (Lipinski definition) is 2. The van der Waals surface area contributed by atoms with Crippen molar-refractivity contribution in [2.45, 2.75) is 6.18 Å². The fourth-order valence-corrected chi connectivity index (χ4v) is 2.15. The summed E-state index contributed by atoms with van der Waals surface area (Å²) in [4.78, 5) is 12.1. The van der Waals surface area contributed by atoms with E-state index in [-0.39, 0.29) is 17.2 Å². The Hall–Kier alpha value is -3.49. The molecule has 0 radical (unpaired) electrons. The lowest BCUT2D eigenvalue weighted by Crippen LogP contribution is -2.14. The van der Waals surface area contributed by atoms with Gasteiger partial charge in [0.05, 0.1) is 5.56 Å². The molecule has 2 aromatic carbocycles. The zero-order chi connectivity index (χ0) is 19.4. The van der Waals surface area contributed by atoms with Gasteiger partial charge in [-0.15, -0.1) is 10.2 Å². The molecule has 0 fully saturated rings. The maximum atomic E-state index is 12.9. The molecule has 0 atom stereocenters. The van der Waals surface area contributed by atoms with E-state index < -0.39 is 17.6 Å². The Kier molecular flexibility index (Phi) is 5.02. The Morgan fingerprint density at radius 3 is 1.96 bits per heavy atom. The SMILES string of the molecule is O=C(Nc1ccc(Nc2ccc(F)cc2)nn1)c1ccc(C(F)(F)F)cc1. The van der Waals surface area contributed by atoms with Gasteiger partial charge in [0.1, 0.15) is 5.82 Å². The van der Waals surface area contributed by atoms with Crippen LogP contribution in [-0.2, 0) is 6.18 Å². The summed E-state index contributed by atoms with van der Waals surface area (Å²) in [5.41, 5.74) is -0.180. The standard InChI is InChI=1S/C18H12F4N4O/c19-13-5-7-14(8-6-13)23-15-9-10-16(26-25-15)24-17(27)11-1-3-12(4-2-11)18(20,21)22/h1-10H,(H,23,25)(H,24,26,27). The summed E-state index contributed by atoms with van der Waals surface area (Å²) in [6, 6.07) is 12.5. The number of anilines is 3. The highest BCUT2D eigenvalue weighted by atomic mass is 19.4. The lowest BCUT2D eigenvalue weighted by Gasteiger charge is -2.08. The molecule has 9 heteroatoms. The Morgan fingerprint density at radius 2 is 1.41 bits per heavy atom. The summed E-state index contributed by atoms with van der Waals surface area (Å²) < 4.78 is 50.5. The first kappa shape index (κ1) is 18.3. The summed E-state index contributed by atoms with van der Waals surface area (Å²) in [6.45, 7) is 0. The minimum Gasteiger partial charge on any atom is -0.339 e. The van der Waals surface area contributed by atoms with Crippen LogP contribution in [0.15, 0.2) is 60.7 Å². The van der Waals surface area contributed by atoms with Gasteiger partial charge < -0.3 is 10.6 Å². The number of rotatable bonds is 4. The average Bonchev–Trinajstić information content (AvgIpc) is 2.64. The molecule has 0 aliphatic rings. The molecule has 3 aromatic rings. The van der Waals surface area contributed by atoms with Crippen LogP contribution in [0.1, 0.15) is 15.9 Å². The van der Waals surface area contributed by atoms with Crippen LogP contribution >= 0.6 is 0 Å². The van der Waals surface area contributed by atoms with Gasteiger partial charge in [0.2, 0.25) is 0 Å². The third-order valence-electron chi connectivity index (χ3n) is 3.50. The summed E-state index contributed by atoms with van der Waals surface area (Å²) in [6.07, 6.45) is -4.46. The van der Waals surface area contributed by atoms with Crippen LogP contribution < -0.4 is 10.6 Å². The van der Waals surface area contributed by atoms with Gasteiger partial charge in [0, 0.05) is 11.3 Å². The Labute approximate surface area is 151 Å². The van der Waals surface area contributed by atoms with E-state index >= 15 is 0 Å². The van der Waals surface area contributed by atoms with E-state index in [1.165, 1.54) is 30.3 Å². The molecule has 3 rings (SSSR count). The number of alkyl halides is 3. The number of carbonyl (C=O) groups is 1. The number of amides is 1. The summed E-state index contributed by atoms with van der Waals surface area (Å²) >= 11 is 0. The second-order valence-corrected chi connectivity index (χ2v) is 5.46. The highest BCUT2D eigenvalue weighted by Gasteiger charge is 2.30. The van der Waals surface area contributed by atoms with Crippen LogP contribution in [-0.4, -0.2) is 16.1 Å². The highest BCUT2D eigenvalue weighted by molar-refractivity contribution is 6.03.